The standard InChI is InChI=1S/C14H9Cl2FO4S/c15-11-3-10(13(16)22-11)14(18)20-5-8-2-9(17)1-7-4-19-6-21-12(7)8/h1-3H,4-6H2. The van der Waals surface area contributed by atoms with Crippen LogP contribution < -0.4 is 4.74 Å². The smallest absolute Gasteiger partial charge is 0.340 e. The van der Waals surface area contributed by atoms with Crippen LogP contribution >= 0.6 is 34.5 Å². The third-order valence-electron chi connectivity index (χ3n) is 2.99. The molecular formula is C14H9Cl2FO4S. The molecule has 0 radical (unpaired) electrons. The molecule has 8 heteroatoms. The molecule has 0 saturated carbocycles. The number of carbonyl (C=O) groups is 1. The molecule has 22 heavy (non-hydrogen) atoms. The van der Waals surface area contributed by atoms with E-state index < -0.39 is 11.8 Å². The average molecular weight is 363 g/mol. The Hall–Kier alpha value is -1.34. The molecule has 0 aliphatic carbocycles. The number of fused-ring (bicyclic) bond motifs is 1. The number of hydrogen-bond acceptors (Lipinski definition) is 5. The fourth-order valence-corrected chi connectivity index (χ4v) is 3.50. The first-order valence-electron chi connectivity index (χ1n) is 6.18. The predicted molar refractivity (Wildman–Crippen MR) is 80.1 cm³/mol. The molecule has 3 rings (SSSR count). The highest BCUT2D eigenvalue weighted by Crippen LogP contribution is 2.33. The molecule has 1 aliphatic heterocycles. The molecule has 1 aliphatic rings. The zero-order chi connectivity index (χ0) is 15.7. The summed E-state index contributed by atoms with van der Waals surface area (Å²) < 4.78 is 29.8. The van der Waals surface area contributed by atoms with Gasteiger partial charge in [0, 0.05) is 11.1 Å². The number of halogens is 3. The Labute approximate surface area is 139 Å². The van der Waals surface area contributed by atoms with Crippen molar-refractivity contribution in [3.8, 4) is 5.75 Å². The van der Waals surface area contributed by atoms with Gasteiger partial charge in [0.05, 0.1) is 16.5 Å². The van der Waals surface area contributed by atoms with Gasteiger partial charge in [-0.2, -0.15) is 0 Å². The van der Waals surface area contributed by atoms with Crippen LogP contribution in [-0.2, 0) is 22.7 Å². The molecule has 0 fully saturated rings. The van der Waals surface area contributed by atoms with E-state index >= 15 is 0 Å². The van der Waals surface area contributed by atoms with Crippen molar-refractivity contribution in [2.24, 2.45) is 0 Å². The Kier molecular flexibility index (Phi) is 4.54. The summed E-state index contributed by atoms with van der Waals surface area (Å²) in [5.74, 6) is -0.594. The third-order valence-corrected chi connectivity index (χ3v) is 4.47. The van der Waals surface area contributed by atoms with Gasteiger partial charge < -0.3 is 14.2 Å². The first-order valence-corrected chi connectivity index (χ1v) is 7.75. The second-order valence-electron chi connectivity index (χ2n) is 4.48. The first-order chi connectivity index (χ1) is 10.5. The lowest BCUT2D eigenvalue weighted by molar-refractivity contribution is -0.0182. The number of benzene rings is 1. The van der Waals surface area contributed by atoms with E-state index in [1.807, 2.05) is 0 Å². The highest BCUT2D eigenvalue weighted by molar-refractivity contribution is 7.20. The predicted octanol–water partition coefficient (Wildman–Crippen LogP) is 4.42. The Morgan fingerprint density at radius 2 is 2.18 bits per heavy atom. The minimum absolute atomic E-state index is 0.0749. The summed E-state index contributed by atoms with van der Waals surface area (Å²) in [6, 6.07) is 4.03. The molecule has 0 spiro atoms. The topological polar surface area (TPSA) is 44.8 Å². The van der Waals surface area contributed by atoms with E-state index in [0.717, 1.165) is 11.3 Å². The van der Waals surface area contributed by atoms with Gasteiger partial charge in [-0.1, -0.05) is 23.2 Å². The second kappa shape index (κ2) is 6.42. The van der Waals surface area contributed by atoms with Gasteiger partial charge in [0.2, 0.25) is 0 Å². The van der Waals surface area contributed by atoms with Gasteiger partial charge in [-0.3, -0.25) is 0 Å². The van der Waals surface area contributed by atoms with E-state index in [1.54, 1.807) is 0 Å². The van der Waals surface area contributed by atoms with Crippen molar-refractivity contribution in [2.45, 2.75) is 13.2 Å². The second-order valence-corrected chi connectivity index (χ2v) is 6.76. The molecule has 0 amide bonds. The number of thiophene rings is 1. The quantitative estimate of drug-likeness (QED) is 0.758. The molecule has 4 nitrogen and oxygen atoms in total. The summed E-state index contributed by atoms with van der Waals surface area (Å²) in [6.45, 7) is 0.189. The summed E-state index contributed by atoms with van der Waals surface area (Å²) >= 11 is 12.8. The molecule has 1 aromatic heterocycles. The Morgan fingerprint density at radius 1 is 1.36 bits per heavy atom. The number of carbonyl (C=O) groups excluding carboxylic acids is 1. The fraction of sp³-hybridized carbons (Fsp3) is 0.214. The highest BCUT2D eigenvalue weighted by atomic mass is 35.5. The highest BCUT2D eigenvalue weighted by Gasteiger charge is 2.20. The van der Waals surface area contributed by atoms with E-state index in [2.05, 4.69) is 0 Å². The van der Waals surface area contributed by atoms with Crippen molar-refractivity contribution >= 4 is 40.5 Å². The summed E-state index contributed by atoms with van der Waals surface area (Å²) in [5, 5.41) is 0. The van der Waals surface area contributed by atoms with Crippen molar-refractivity contribution in [2.75, 3.05) is 6.79 Å². The van der Waals surface area contributed by atoms with Gasteiger partial charge in [-0.25, -0.2) is 9.18 Å². The Balaban J connectivity index is 1.78. The minimum Gasteiger partial charge on any atom is -0.467 e. The summed E-state index contributed by atoms with van der Waals surface area (Å²) in [7, 11) is 0. The SMILES string of the molecule is O=C(OCc1cc(F)cc2c1OCOC2)c1cc(Cl)sc1Cl. The maximum Gasteiger partial charge on any atom is 0.340 e. The molecule has 0 atom stereocenters. The maximum absolute atomic E-state index is 13.6. The van der Waals surface area contributed by atoms with Crippen LogP contribution in [0.25, 0.3) is 0 Å². The average Bonchev–Trinajstić information content (AvgIpc) is 2.83. The van der Waals surface area contributed by atoms with Crippen LogP contribution in [0, 0.1) is 5.82 Å². The van der Waals surface area contributed by atoms with Gasteiger partial charge in [0.1, 0.15) is 22.5 Å². The molecule has 2 heterocycles. The lowest BCUT2D eigenvalue weighted by Gasteiger charge is -2.20. The van der Waals surface area contributed by atoms with Crippen LogP contribution in [0.15, 0.2) is 18.2 Å². The number of rotatable bonds is 3. The van der Waals surface area contributed by atoms with Crippen LogP contribution in [0.2, 0.25) is 8.67 Å². The van der Waals surface area contributed by atoms with E-state index in [-0.39, 0.29) is 29.9 Å². The maximum atomic E-state index is 13.6. The zero-order valence-electron chi connectivity index (χ0n) is 11.0. The molecule has 1 aromatic carbocycles. The third kappa shape index (κ3) is 3.20. The van der Waals surface area contributed by atoms with Crippen LogP contribution in [0.4, 0.5) is 4.39 Å². The van der Waals surface area contributed by atoms with E-state index in [9.17, 15) is 9.18 Å². The van der Waals surface area contributed by atoms with Crippen molar-refractivity contribution in [3.05, 3.63) is 49.4 Å². The Bertz CT molecular complexity index is 732. The lowest BCUT2D eigenvalue weighted by Crippen LogP contribution is -2.14. The summed E-state index contributed by atoms with van der Waals surface area (Å²) in [4.78, 5) is 12.0. The van der Waals surface area contributed by atoms with E-state index in [4.69, 9.17) is 37.4 Å². The molecule has 0 N–H and O–H groups in total. The summed E-state index contributed by atoms with van der Waals surface area (Å²) in [6.07, 6.45) is 0. The van der Waals surface area contributed by atoms with Crippen molar-refractivity contribution in [1.82, 2.24) is 0 Å². The van der Waals surface area contributed by atoms with Crippen LogP contribution in [0.1, 0.15) is 21.5 Å². The largest absolute Gasteiger partial charge is 0.467 e. The van der Waals surface area contributed by atoms with Crippen molar-refractivity contribution < 1.29 is 23.4 Å². The van der Waals surface area contributed by atoms with E-state index in [1.165, 1.54) is 18.2 Å². The van der Waals surface area contributed by atoms with Crippen molar-refractivity contribution in [3.63, 3.8) is 0 Å². The number of esters is 1. The summed E-state index contributed by atoms with van der Waals surface area (Å²) in [5.41, 5.74) is 1.20. The van der Waals surface area contributed by atoms with Gasteiger partial charge in [0.25, 0.3) is 0 Å². The van der Waals surface area contributed by atoms with Gasteiger partial charge in [-0.15, -0.1) is 11.3 Å². The molecular weight excluding hydrogens is 354 g/mol. The van der Waals surface area contributed by atoms with Gasteiger partial charge in [-0.05, 0) is 18.2 Å². The molecule has 116 valence electrons. The zero-order valence-corrected chi connectivity index (χ0v) is 13.4. The van der Waals surface area contributed by atoms with Crippen LogP contribution in [0.3, 0.4) is 0 Å². The molecule has 0 unspecified atom stereocenters. The van der Waals surface area contributed by atoms with Gasteiger partial charge in [0.15, 0.2) is 6.79 Å². The molecule has 0 bridgehead atoms. The molecule has 0 saturated heterocycles. The lowest BCUT2D eigenvalue weighted by atomic mass is 10.1. The normalized spacial score (nSPS) is 13.4. The fourth-order valence-electron chi connectivity index (χ4n) is 2.06. The van der Waals surface area contributed by atoms with Crippen LogP contribution in [-0.4, -0.2) is 12.8 Å². The van der Waals surface area contributed by atoms with Gasteiger partial charge >= 0.3 is 5.97 Å². The first kappa shape index (κ1) is 15.6. The van der Waals surface area contributed by atoms with E-state index in [0.29, 0.717) is 21.2 Å². The van der Waals surface area contributed by atoms with Crippen LogP contribution in [0.5, 0.6) is 5.75 Å². The number of ether oxygens (including phenoxy) is 3. The molecule has 2 aromatic rings. The monoisotopic (exact) mass is 362 g/mol. The van der Waals surface area contributed by atoms with Crippen molar-refractivity contribution in [1.29, 1.82) is 0 Å². The Morgan fingerprint density at radius 3 is 2.91 bits per heavy atom. The number of hydrogen-bond donors (Lipinski definition) is 0. The minimum atomic E-state index is -0.627.